The molecule has 0 saturated carbocycles. The zero-order chi connectivity index (χ0) is 22.9. The molecule has 2 heterocycles. The summed E-state index contributed by atoms with van der Waals surface area (Å²) in [6, 6.07) is 8.52. The Bertz CT molecular complexity index is 1150. The number of H-pyrrole nitrogens is 1. The third kappa shape index (κ3) is 6.35. The number of aliphatic hydroxyl groups excluding tert-OH is 1. The van der Waals surface area contributed by atoms with E-state index in [1.54, 1.807) is 29.5 Å². The van der Waals surface area contributed by atoms with Crippen molar-refractivity contribution in [2.75, 3.05) is 26.4 Å². The molecule has 2 aromatic heterocycles. The third-order valence-electron chi connectivity index (χ3n) is 5.13. The summed E-state index contributed by atoms with van der Waals surface area (Å²) in [5, 5.41) is 28.1. The van der Waals surface area contributed by atoms with Crippen LogP contribution in [0.3, 0.4) is 0 Å². The Morgan fingerprint density at radius 3 is 2.70 bits per heavy atom. The van der Waals surface area contributed by atoms with Gasteiger partial charge in [0.1, 0.15) is 30.8 Å². The molecule has 9 nitrogen and oxygen atoms in total. The van der Waals surface area contributed by atoms with E-state index in [-0.39, 0.29) is 12.4 Å². The van der Waals surface area contributed by atoms with Crippen LogP contribution in [0.1, 0.15) is 24.0 Å². The predicted molar refractivity (Wildman–Crippen MR) is 121 cm³/mol. The molecule has 0 fully saturated rings. The van der Waals surface area contributed by atoms with Crippen molar-refractivity contribution in [2.45, 2.75) is 26.0 Å². The summed E-state index contributed by atoms with van der Waals surface area (Å²) >= 11 is 0. The molecule has 0 aliphatic heterocycles. The summed E-state index contributed by atoms with van der Waals surface area (Å²) < 4.78 is 26.9. The first-order valence-corrected chi connectivity index (χ1v) is 10.9. The fourth-order valence-corrected chi connectivity index (χ4v) is 3.52. The highest BCUT2D eigenvalue weighted by atomic mass is 19.1. The van der Waals surface area contributed by atoms with E-state index in [4.69, 9.17) is 14.6 Å². The second kappa shape index (κ2) is 11.5. The van der Waals surface area contributed by atoms with Crippen LogP contribution in [0.2, 0.25) is 0 Å². The average Bonchev–Trinajstić information content (AvgIpc) is 3.52. The lowest BCUT2D eigenvalue weighted by molar-refractivity contribution is 0.0979. The second-order valence-corrected chi connectivity index (χ2v) is 7.61. The lowest BCUT2D eigenvalue weighted by Gasteiger charge is -2.10. The maximum absolute atomic E-state index is 13.5. The minimum absolute atomic E-state index is 0.160. The fourth-order valence-electron chi connectivity index (χ4n) is 3.52. The van der Waals surface area contributed by atoms with E-state index in [1.807, 2.05) is 12.1 Å². The van der Waals surface area contributed by atoms with E-state index < -0.39 is 0 Å². The number of ether oxygens (including phenoxy) is 2. The van der Waals surface area contributed by atoms with Gasteiger partial charge in [-0.15, -0.1) is 10.2 Å². The van der Waals surface area contributed by atoms with Gasteiger partial charge in [0.25, 0.3) is 0 Å². The molecule has 0 aliphatic rings. The Morgan fingerprint density at radius 1 is 1.00 bits per heavy atom. The minimum atomic E-state index is -0.326. The van der Waals surface area contributed by atoms with E-state index in [0.717, 1.165) is 47.3 Å². The van der Waals surface area contributed by atoms with Crippen molar-refractivity contribution >= 4 is 10.9 Å². The van der Waals surface area contributed by atoms with Crippen LogP contribution >= 0.6 is 0 Å². The Balaban J connectivity index is 1.12. The number of fused-ring (bicyclic) bond motifs is 1. The lowest BCUT2D eigenvalue weighted by Crippen LogP contribution is -2.16. The molecule has 0 amide bonds. The van der Waals surface area contributed by atoms with Crippen LogP contribution < -0.4 is 10.1 Å². The van der Waals surface area contributed by atoms with Crippen LogP contribution in [0.4, 0.5) is 4.39 Å². The van der Waals surface area contributed by atoms with Gasteiger partial charge in [0, 0.05) is 19.2 Å². The minimum Gasteiger partial charge on any atom is -0.490 e. The summed E-state index contributed by atoms with van der Waals surface area (Å²) in [5.74, 6) is 0.396. The van der Waals surface area contributed by atoms with Gasteiger partial charge in [-0.2, -0.15) is 5.10 Å². The van der Waals surface area contributed by atoms with Crippen LogP contribution in [0, 0.1) is 5.82 Å². The largest absolute Gasteiger partial charge is 0.490 e. The van der Waals surface area contributed by atoms with Gasteiger partial charge in [0.15, 0.2) is 0 Å². The third-order valence-corrected chi connectivity index (χ3v) is 5.13. The van der Waals surface area contributed by atoms with Gasteiger partial charge in [-0.25, -0.2) is 4.39 Å². The van der Waals surface area contributed by atoms with Crippen molar-refractivity contribution in [1.29, 1.82) is 0 Å². The van der Waals surface area contributed by atoms with E-state index in [0.29, 0.717) is 31.9 Å². The highest BCUT2D eigenvalue weighted by Crippen LogP contribution is 2.27. The van der Waals surface area contributed by atoms with E-state index in [1.165, 1.54) is 12.1 Å². The van der Waals surface area contributed by atoms with Gasteiger partial charge in [-0.3, -0.25) is 9.67 Å². The highest BCUT2D eigenvalue weighted by Gasteiger charge is 2.09. The standard InChI is InChI=1S/C23H27FN6O3/c24-19-8-17(7-18(9-19)14-31)12-25-3-1-2-4-32-5-6-33-23-11-20(30-15-27-28-16-30)10-22-21(23)13-26-29-22/h7-11,13,15-16,25,31H,1-6,12,14H2,(H,26,29). The SMILES string of the molecule is OCc1cc(F)cc(CNCCCCOCCOc2cc(-n3cnnc3)cc3[nH]ncc23)c1. The highest BCUT2D eigenvalue weighted by molar-refractivity contribution is 5.86. The molecule has 3 N–H and O–H groups in total. The van der Waals surface area contributed by atoms with Gasteiger partial charge in [-0.05, 0) is 48.7 Å². The number of hydrogen-bond acceptors (Lipinski definition) is 7. The Hall–Kier alpha value is -3.34. The second-order valence-electron chi connectivity index (χ2n) is 7.61. The number of aromatic amines is 1. The van der Waals surface area contributed by atoms with Crippen molar-refractivity contribution in [3.05, 3.63) is 66.1 Å². The molecular formula is C23H27FN6O3. The van der Waals surface area contributed by atoms with Crippen molar-refractivity contribution in [3.8, 4) is 11.4 Å². The summed E-state index contributed by atoms with van der Waals surface area (Å²) in [7, 11) is 0. The zero-order valence-corrected chi connectivity index (χ0v) is 18.2. The lowest BCUT2D eigenvalue weighted by atomic mass is 10.1. The number of nitrogens with zero attached hydrogens (tertiary/aromatic N) is 4. The van der Waals surface area contributed by atoms with Gasteiger partial charge >= 0.3 is 0 Å². The number of benzene rings is 2. The van der Waals surface area contributed by atoms with Crippen molar-refractivity contribution in [2.24, 2.45) is 0 Å². The molecule has 0 atom stereocenters. The number of unbranched alkanes of at least 4 members (excludes halogenated alkanes) is 1. The maximum Gasteiger partial charge on any atom is 0.132 e. The van der Waals surface area contributed by atoms with Crippen molar-refractivity contribution in [3.63, 3.8) is 0 Å². The predicted octanol–water partition coefficient (Wildman–Crippen LogP) is 2.74. The molecule has 2 aromatic carbocycles. The van der Waals surface area contributed by atoms with E-state index >= 15 is 0 Å². The number of nitrogens with one attached hydrogen (secondary N) is 2. The Labute approximate surface area is 190 Å². The molecule has 0 bridgehead atoms. The Kier molecular flexibility index (Phi) is 7.96. The summed E-state index contributed by atoms with van der Waals surface area (Å²) in [6.45, 7) is 2.76. The van der Waals surface area contributed by atoms with Crippen LogP contribution in [-0.2, 0) is 17.9 Å². The number of rotatable bonds is 13. The van der Waals surface area contributed by atoms with Gasteiger partial charge in [0.2, 0.25) is 0 Å². The van der Waals surface area contributed by atoms with Gasteiger partial charge < -0.3 is 19.9 Å². The van der Waals surface area contributed by atoms with Crippen LogP contribution in [0.25, 0.3) is 16.6 Å². The molecule has 4 aromatic rings. The molecule has 33 heavy (non-hydrogen) atoms. The first kappa shape index (κ1) is 22.8. The molecule has 10 heteroatoms. The van der Waals surface area contributed by atoms with Crippen molar-refractivity contribution in [1.82, 2.24) is 30.3 Å². The number of hydrogen-bond donors (Lipinski definition) is 3. The Morgan fingerprint density at radius 2 is 1.85 bits per heavy atom. The molecule has 4 rings (SSSR count). The number of aromatic nitrogens is 5. The average molecular weight is 455 g/mol. The monoisotopic (exact) mass is 454 g/mol. The van der Waals surface area contributed by atoms with E-state index in [9.17, 15) is 4.39 Å². The molecule has 0 aliphatic carbocycles. The van der Waals surface area contributed by atoms with Crippen molar-refractivity contribution < 1.29 is 19.0 Å². The fraction of sp³-hybridized carbons (Fsp3) is 0.348. The molecule has 0 saturated heterocycles. The normalized spacial score (nSPS) is 11.3. The van der Waals surface area contributed by atoms with Gasteiger partial charge in [0.05, 0.1) is 36.0 Å². The topological polar surface area (TPSA) is 110 Å². The quantitative estimate of drug-likeness (QED) is 0.267. The number of halogens is 1. The first-order chi connectivity index (χ1) is 16.2. The first-order valence-electron chi connectivity index (χ1n) is 10.9. The van der Waals surface area contributed by atoms with Crippen LogP contribution in [0.15, 0.2) is 49.2 Å². The maximum atomic E-state index is 13.5. The summed E-state index contributed by atoms with van der Waals surface area (Å²) in [4.78, 5) is 0. The molecule has 174 valence electrons. The van der Waals surface area contributed by atoms with Gasteiger partial charge in [-0.1, -0.05) is 6.07 Å². The molecule has 0 spiro atoms. The zero-order valence-electron chi connectivity index (χ0n) is 18.2. The molecule has 0 radical (unpaired) electrons. The number of aliphatic hydroxyl groups is 1. The smallest absolute Gasteiger partial charge is 0.132 e. The van der Waals surface area contributed by atoms with Crippen LogP contribution in [0.5, 0.6) is 5.75 Å². The van der Waals surface area contributed by atoms with E-state index in [2.05, 4.69) is 25.7 Å². The molecular weight excluding hydrogens is 427 g/mol. The summed E-state index contributed by atoms with van der Waals surface area (Å²) in [6.07, 6.45) is 6.85. The van der Waals surface area contributed by atoms with Crippen LogP contribution in [-0.4, -0.2) is 56.4 Å². The molecule has 0 unspecified atom stereocenters. The summed E-state index contributed by atoms with van der Waals surface area (Å²) in [5.41, 5.74) is 3.16.